The summed E-state index contributed by atoms with van der Waals surface area (Å²) >= 11 is 0. The van der Waals surface area contributed by atoms with Crippen LogP contribution in [0.2, 0.25) is 0 Å². The third-order valence-corrected chi connectivity index (χ3v) is 7.68. The van der Waals surface area contributed by atoms with Gasteiger partial charge in [-0.05, 0) is 83.2 Å². The maximum atomic E-state index is 14.7. The number of alkyl carbamates (subject to hydrolysis) is 1. The number of nitrogens with one attached hydrogen (secondary N) is 2. The molecule has 49 heavy (non-hydrogen) atoms. The lowest BCUT2D eigenvalue weighted by Gasteiger charge is -2.35. The Kier molecular flexibility index (Phi) is 11.9. The van der Waals surface area contributed by atoms with Crippen molar-refractivity contribution in [2.75, 3.05) is 0 Å². The zero-order valence-electron chi connectivity index (χ0n) is 29.2. The normalized spacial score (nSPS) is 14.7. The number of ether oxygens (including phenoxy) is 2. The third-order valence-electron chi connectivity index (χ3n) is 7.68. The van der Waals surface area contributed by atoms with Gasteiger partial charge in [0.15, 0.2) is 0 Å². The topological polar surface area (TPSA) is 114 Å². The molecule has 3 aromatic rings. The van der Waals surface area contributed by atoms with Crippen LogP contribution in [-0.2, 0) is 36.7 Å². The highest BCUT2D eigenvalue weighted by atomic mass is 16.6. The molecule has 4 rings (SSSR count). The molecule has 0 aromatic heterocycles. The summed E-state index contributed by atoms with van der Waals surface area (Å²) in [6, 6.07) is 22.0. The fourth-order valence-electron chi connectivity index (χ4n) is 5.42. The van der Waals surface area contributed by atoms with E-state index in [0.29, 0.717) is 24.0 Å². The van der Waals surface area contributed by atoms with Gasteiger partial charge in [-0.3, -0.25) is 9.59 Å². The van der Waals surface area contributed by atoms with E-state index in [2.05, 4.69) is 16.6 Å². The Morgan fingerprint density at radius 2 is 1.27 bits per heavy atom. The number of esters is 1. The van der Waals surface area contributed by atoms with Crippen LogP contribution in [0.25, 0.3) is 0 Å². The Morgan fingerprint density at radius 1 is 0.755 bits per heavy atom. The van der Waals surface area contributed by atoms with E-state index in [9.17, 15) is 19.2 Å². The highest BCUT2D eigenvalue weighted by Crippen LogP contribution is 2.36. The van der Waals surface area contributed by atoms with Crippen LogP contribution in [0.3, 0.4) is 0 Å². The Labute approximate surface area is 289 Å². The minimum absolute atomic E-state index is 0.168. The van der Waals surface area contributed by atoms with Crippen molar-refractivity contribution in [3.05, 3.63) is 107 Å². The SMILES string of the molecule is C#Cc1ccc(C(C(=O)NC(Cc2ccccc2)C(=O)OC(C)(C)C)N(C(=O)C(Cc2ccccc2)NC(=O)OC(C)(C)C)C2CC2)cc1. The van der Waals surface area contributed by atoms with Gasteiger partial charge >= 0.3 is 12.1 Å². The molecule has 0 radical (unpaired) electrons. The lowest BCUT2D eigenvalue weighted by molar-refractivity contribution is -0.159. The first-order valence-corrected chi connectivity index (χ1v) is 16.6. The second-order valence-electron chi connectivity index (χ2n) is 14.3. The van der Waals surface area contributed by atoms with Crippen molar-refractivity contribution in [3.8, 4) is 12.3 Å². The number of hydrogen-bond donors (Lipinski definition) is 2. The molecule has 3 atom stereocenters. The van der Waals surface area contributed by atoms with Crippen molar-refractivity contribution in [2.45, 2.75) is 103 Å². The standard InChI is InChI=1S/C40H47N3O6/c1-8-27-19-21-30(22-20-27)34(35(44)41-33(37(46)48-39(2,3)4)26-29-17-13-10-14-18-29)43(31-23-24-31)36(45)32(25-28-15-11-9-12-16-28)42-38(47)49-40(5,6)7/h1,9-22,31-34H,23-26H2,2-7H3,(H,41,44)(H,42,47). The van der Waals surface area contributed by atoms with Crippen LogP contribution in [0.4, 0.5) is 4.79 Å². The van der Waals surface area contributed by atoms with E-state index in [1.54, 1.807) is 70.7 Å². The first-order chi connectivity index (χ1) is 23.1. The van der Waals surface area contributed by atoms with Crippen LogP contribution < -0.4 is 10.6 Å². The molecule has 258 valence electrons. The zero-order chi connectivity index (χ0) is 35.8. The molecule has 0 bridgehead atoms. The van der Waals surface area contributed by atoms with Crippen molar-refractivity contribution in [1.29, 1.82) is 0 Å². The molecular formula is C40H47N3O6. The van der Waals surface area contributed by atoms with Crippen molar-refractivity contribution in [1.82, 2.24) is 15.5 Å². The molecule has 1 aliphatic rings. The molecule has 3 amide bonds. The van der Waals surface area contributed by atoms with Crippen LogP contribution in [0.1, 0.15) is 82.7 Å². The van der Waals surface area contributed by atoms with Gasteiger partial charge in [0.25, 0.3) is 0 Å². The number of carbonyl (C=O) groups excluding carboxylic acids is 4. The molecule has 1 fully saturated rings. The molecule has 1 saturated carbocycles. The molecule has 3 aromatic carbocycles. The Morgan fingerprint density at radius 3 is 1.73 bits per heavy atom. The molecule has 3 unspecified atom stereocenters. The summed E-state index contributed by atoms with van der Waals surface area (Å²) in [6.07, 6.45) is 6.57. The fraction of sp³-hybridized carbons (Fsp3) is 0.400. The van der Waals surface area contributed by atoms with Gasteiger partial charge in [0, 0.05) is 24.4 Å². The Balaban J connectivity index is 1.75. The highest BCUT2D eigenvalue weighted by Gasteiger charge is 2.45. The summed E-state index contributed by atoms with van der Waals surface area (Å²) in [5.74, 6) is 0.986. The average Bonchev–Trinajstić information content (AvgIpc) is 3.87. The average molecular weight is 666 g/mol. The summed E-state index contributed by atoms with van der Waals surface area (Å²) in [5.41, 5.74) is 1.17. The zero-order valence-corrected chi connectivity index (χ0v) is 29.2. The summed E-state index contributed by atoms with van der Waals surface area (Å²) in [5, 5.41) is 5.71. The quantitative estimate of drug-likeness (QED) is 0.184. The Bertz CT molecular complexity index is 1630. The van der Waals surface area contributed by atoms with Crippen LogP contribution >= 0.6 is 0 Å². The minimum Gasteiger partial charge on any atom is -0.458 e. The van der Waals surface area contributed by atoms with Crippen molar-refractivity contribution >= 4 is 23.9 Å². The smallest absolute Gasteiger partial charge is 0.408 e. The van der Waals surface area contributed by atoms with Gasteiger partial charge in [0.1, 0.15) is 29.3 Å². The van der Waals surface area contributed by atoms with E-state index in [4.69, 9.17) is 15.9 Å². The third kappa shape index (κ3) is 11.2. The van der Waals surface area contributed by atoms with E-state index in [-0.39, 0.29) is 18.9 Å². The van der Waals surface area contributed by atoms with Gasteiger partial charge in [-0.2, -0.15) is 0 Å². The van der Waals surface area contributed by atoms with Gasteiger partial charge in [-0.25, -0.2) is 9.59 Å². The van der Waals surface area contributed by atoms with Gasteiger partial charge in [0.05, 0.1) is 0 Å². The van der Waals surface area contributed by atoms with E-state index >= 15 is 0 Å². The largest absolute Gasteiger partial charge is 0.458 e. The number of hydrogen-bond acceptors (Lipinski definition) is 6. The number of amides is 3. The molecule has 0 saturated heterocycles. The highest BCUT2D eigenvalue weighted by molar-refractivity contribution is 5.94. The predicted octanol–water partition coefficient (Wildman–Crippen LogP) is 5.91. The molecule has 9 nitrogen and oxygen atoms in total. The van der Waals surface area contributed by atoms with E-state index < -0.39 is 53.2 Å². The van der Waals surface area contributed by atoms with Crippen LogP contribution in [-0.4, -0.2) is 58.1 Å². The number of nitrogens with zero attached hydrogens (tertiary/aromatic N) is 1. The molecule has 2 N–H and O–H groups in total. The monoisotopic (exact) mass is 665 g/mol. The molecule has 1 aliphatic carbocycles. The lowest BCUT2D eigenvalue weighted by Crippen LogP contribution is -2.56. The summed E-state index contributed by atoms with van der Waals surface area (Å²) in [4.78, 5) is 57.4. The molecule has 9 heteroatoms. The van der Waals surface area contributed by atoms with Crippen LogP contribution in [0.5, 0.6) is 0 Å². The summed E-state index contributed by atoms with van der Waals surface area (Å²) < 4.78 is 11.3. The maximum absolute atomic E-state index is 14.7. The fourth-order valence-corrected chi connectivity index (χ4v) is 5.42. The number of carbonyl (C=O) groups is 4. The van der Waals surface area contributed by atoms with Gasteiger partial charge < -0.3 is 25.0 Å². The lowest BCUT2D eigenvalue weighted by atomic mass is 9.98. The molecule has 0 spiro atoms. The van der Waals surface area contributed by atoms with Gasteiger partial charge in [-0.15, -0.1) is 6.42 Å². The number of terminal acetylenes is 1. The molecule has 0 heterocycles. The van der Waals surface area contributed by atoms with E-state index in [1.165, 1.54) is 0 Å². The second-order valence-corrected chi connectivity index (χ2v) is 14.3. The van der Waals surface area contributed by atoms with Crippen LogP contribution in [0, 0.1) is 12.3 Å². The van der Waals surface area contributed by atoms with Crippen molar-refractivity contribution in [3.63, 3.8) is 0 Å². The van der Waals surface area contributed by atoms with E-state index in [1.807, 2.05) is 60.7 Å². The van der Waals surface area contributed by atoms with E-state index in [0.717, 1.165) is 11.1 Å². The van der Waals surface area contributed by atoms with Gasteiger partial charge in [-0.1, -0.05) is 78.7 Å². The Hall–Kier alpha value is -5.10. The molecule has 0 aliphatic heterocycles. The first kappa shape index (κ1) is 36.7. The maximum Gasteiger partial charge on any atom is 0.408 e. The molecular weight excluding hydrogens is 618 g/mol. The predicted molar refractivity (Wildman–Crippen MR) is 188 cm³/mol. The number of benzene rings is 3. The van der Waals surface area contributed by atoms with Crippen molar-refractivity contribution in [2.24, 2.45) is 0 Å². The van der Waals surface area contributed by atoms with Crippen LogP contribution in [0.15, 0.2) is 84.9 Å². The first-order valence-electron chi connectivity index (χ1n) is 16.6. The summed E-state index contributed by atoms with van der Waals surface area (Å²) in [7, 11) is 0. The van der Waals surface area contributed by atoms with Crippen molar-refractivity contribution < 1.29 is 28.7 Å². The summed E-state index contributed by atoms with van der Waals surface area (Å²) in [6.45, 7) is 10.5. The minimum atomic E-state index is -1.15. The second kappa shape index (κ2) is 15.9. The number of rotatable bonds is 12. The van der Waals surface area contributed by atoms with Gasteiger partial charge in [0.2, 0.25) is 11.8 Å².